The van der Waals surface area contributed by atoms with E-state index in [0.717, 1.165) is 5.56 Å². The Morgan fingerprint density at radius 2 is 2.24 bits per heavy atom. The molecular weight excluding hydrogens is 268 g/mol. The number of carbonyl (C=O) groups is 2. The van der Waals surface area contributed by atoms with Gasteiger partial charge in [0, 0.05) is 24.6 Å². The first-order valence-electron chi connectivity index (χ1n) is 6.92. The van der Waals surface area contributed by atoms with Crippen molar-refractivity contribution in [3.05, 3.63) is 29.8 Å². The Balaban J connectivity index is 2.24. The summed E-state index contributed by atoms with van der Waals surface area (Å²) >= 11 is 0. The van der Waals surface area contributed by atoms with Crippen LogP contribution in [0, 0.1) is 12.3 Å². The second kappa shape index (κ2) is 6.31. The van der Waals surface area contributed by atoms with Gasteiger partial charge in [-0.1, -0.05) is 25.1 Å². The lowest BCUT2D eigenvalue weighted by Gasteiger charge is -2.25. The van der Waals surface area contributed by atoms with E-state index in [4.69, 9.17) is 6.42 Å². The van der Waals surface area contributed by atoms with Gasteiger partial charge in [-0.2, -0.15) is 0 Å². The molecule has 1 aliphatic rings. The van der Waals surface area contributed by atoms with E-state index in [1.807, 2.05) is 19.1 Å². The molecule has 2 rings (SSSR count). The van der Waals surface area contributed by atoms with E-state index < -0.39 is 18.0 Å². The maximum absolute atomic E-state index is 12.4. The van der Waals surface area contributed by atoms with E-state index in [1.54, 1.807) is 12.1 Å². The number of carbonyl (C=O) groups excluding carboxylic acids is 1. The molecule has 0 spiro atoms. The molecule has 1 aromatic rings. The molecule has 0 radical (unpaired) electrons. The summed E-state index contributed by atoms with van der Waals surface area (Å²) in [5.41, 5.74) is 1.52. The predicted molar refractivity (Wildman–Crippen MR) is 80.1 cm³/mol. The fourth-order valence-corrected chi connectivity index (χ4v) is 2.52. The van der Waals surface area contributed by atoms with Gasteiger partial charge in [-0.25, -0.2) is 9.59 Å². The van der Waals surface area contributed by atoms with Crippen LogP contribution in [0.2, 0.25) is 0 Å². The van der Waals surface area contributed by atoms with Crippen molar-refractivity contribution in [2.75, 3.05) is 4.90 Å². The summed E-state index contributed by atoms with van der Waals surface area (Å²) < 4.78 is 0. The molecule has 0 saturated carbocycles. The smallest absolute Gasteiger partial charge is 0.327 e. The Hall–Kier alpha value is -2.48. The molecule has 1 heterocycles. The molecule has 5 nitrogen and oxygen atoms in total. The van der Waals surface area contributed by atoms with E-state index in [9.17, 15) is 14.7 Å². The number of urea groups is 1. The van der Waals surface area contributed by atoms with E-state index in [-0.39, 0.29) is 6.04 Å². The van der Waals surface area contributed by atoms with Gasteiger partial charge < -0.3 is 10.4 Å². The van der Waals surface area contributed by atoms with Crippen LogP contribution in [0.5, 0.6) is 0 Å². The summed E-state index contributed by atoms with van der Waals surface area (Å²) in [5, 5.41) is 12.2. The van der Waals surface area contributed by atoms with Crippen LogP contribution in [0.4, 0.5) is 10.5 Å². The summed E-state index contributed by atoms with van der Waals surface area (Å²) in [6, 6.07) is 5.82. The van der Waals surface area contributed by atoms with Gasteiger partial charge in [-0.05, 0) is 18.1 Å². The molecule has 1 aliphatic heterocycles. The van der Waals surface area contributed by atoms with Crippen LogP contribution in [-0.4, -0.2) is 29.2 Å². The second-order valence-corrected chi connectivity index (χ2v) is 5.02. The Morgan fingerprint density at radius 3 is 2.86 bits per heavy atom. The molecule has 0 aliphatic carbocycles. The van der Waals surface area contributed by atoms with Crippen molar-refractivity contribution in [3.8, 4) is 12.3 Å². The van der Waals surface area contributed by atoms with Crippen molar-refractivity contribution in [1.29, 1.82) is 0 Å². The number of terminal acetylenes is 1. The summed E-state index contributed by atoms with van der Waals surface area (Å²) in [6.45, 7) is 1.93. The van der Waals surface area contributed by atoms with Gasteiger partial charge in [0.15, 0.2) is 0 Å². The molecular formula is C16H18N2O3. The van der Waals surface area contributed by atoms with Gasteiger partial charge in [0.2, 0.25) is 0 Å². The third-order valence-corrected chi connectivity index (χ3v) is 3.66. The topological polar surface area (TPSA) is 69.6 Å². The van der Waals surface area contributed by atoms with Crippen LogP contribution in [-0.2, 0) is 11.2 Å². The number of fused-ring (bicyclic) bond motifs is 1. The first-order valence-corrected chi connectivity index (χ1v) is 6.92. The highest BCUT2D eigenvalue weighted by molar-refractivity contribution is 6.01. The standard InChI is InChI=1S/C16H18N2O3/c1-3-7-12(4-2)17-16(21)18-13-9-6-5-8-11(13)10-14(18)15(19)20/h1,5-6,8-9,12,14H,4,7,10H2,2H3,(H,17,21)(H,19,20)/t12?,14-/m0/s1. The van der Waals surface area contributed by atoms with Gasteiger partial charge in [-0.15, -0.1) is 12.3 Å². The Bertz CT molecular complexity index is 591. The van der Waals surface area contributed by atoms with E-state index in [2.05, 4.69) is 11.2 Å². The molecule has 2 atom stereocenters. The normalized spacial score (nSPS) is 17.7. The SMILES string of the molecule is C#CCC(CC)NC(=O)N1c2ccccc2C[C@H]1C(=O)O. The van der Waals surface area contributed by atoms with Crippen molar-refractivity contribution in [1.82, 2.24) is 5.32 Å². The van der Waals surface area contributed by atoms with Crippen molar-refractivity contribution >= 4 is 17.7 Å². The number of para-hydroxylation sites is 1. The van der Waals surface area contributed by atoms with E-state index in [1.165, 1.54) is 4.90 Å². The molecule has 2 amide bonds. The number of aliphatic carboxylic acids is 1. The predicted octanol–water partition coefficient (Wildman–Crippen LogP) is 2.01. The highest BCUT2D eigenvalue weighted by Crippen LogP contribution is 2.32. The largest absolute Gasteiger partial charge is 0.480 e. The minimum Gasteiger partial charge on any atom is -0.480 e. The maximum atomic E-state index is 12.4. The molecule has 5 heteroatoms. The number of nitrogens with one attached hydrogen (secondary N) is 1. The Labute approximate surface area is 124 Å². The second-order valence-electron chi connectivity index (χ2n) is 5.02. The highest BCUT2D eigenvalue weighted by atomic mass is 16.4. The van der Waals surface area contributed by atoms with Gasteiger partial charge in [-0.3, -0.25) is 4.90 Å². The van der Waals surface area contributed by atoms with Gasteiger partial charge in [0.05, 0.1) is 0 Å². The van der Waals surface area contributed by atoms with Crippen molar-refractivity contribution in [3.63, 3.8) is 0 Å². The number of nitrogens with zero attached hydrogens (tertiary/aromatic N) is 1. The average molecular weight is 286 g/mol. The lowest BCUT2D eigenvalue weighted by molar-refractivity contribution is -0.138. The number of carboxylic acids is 1. The maximum Gasteiger partial charge on any atom is 0.327 e. The van der Waals surface area contributed by atoms with Crippen molar-refractivity contribution < 1.29 is 14.7 Å². The quantitative estimate of drug-likeness (QED) is 0.832. The Kier molecular flexibility index (Phi) is 4.49. The molecule has 0 fully saturated rings. The molecule has 110 valence electrons. The molecule has 21 heavy (non-hydrogen) atoms. The van der Waals surface area contributed by atoms with Gasteiger partial charge >= 0.3 is 12.0 Å². The molecule has 0 aromatic heterocycles. The van der Waals surface area contributed by atoms with Crippen molar-refractivity contribution in [2.24, 2.45) is 0 Å². The minimum absolute atomic E-state index is 0.148. The molecule has 1 unspecified atom stereocenters. The van der Waals surface area contributed by atoms with Crippen LogP contribution < -0.4 is 10.2 Å². The fraction of sp³-hybridized carbons (Fsp3) is 0.375. The molecule has 2 N–H and O–H groups in total. The first kappa shape index (κ1) is 14.9. The number of anilines is 1. The number of amides is 2. The molecule has 1 aromatic carbocycles. The van der Waals surface area contributed by atoms with Crippen LogP contribution in [0.1, 0.15) is 25.3 Å². The number of benzene rings is 1. The number of hydrogen-bond donors (Lipinski definition) is 2. The summed E-state index contributed by atoms with van der Waals surface area (Å²) in [6.07, 6.45) is 6.73. The summed E-state index contributed by atoms with van der Waals surface area (Å²) in [4.78, 5) is 25.2. The third kappa shape index (κ3) is 3.00. The highest BCUT2D eigenvalue weighted by Gasteiger charge is 2.38. The zero-order valence-corrected chi connectivity index (χ0v) is 11.9. The third-order valence-electron chi connectivity index (χ3n) is 3.66. The van der Waals surface area contributed by atoms with Crippen LogP contribution in [0.25, 0.3) is 0 Å². The van der Waals surface area contributed by atoms with Crippen LogP contribution in [0.15, 0.2) is 24.3 Å². The summed E-state index contributed by atoms with van der Waals surface area (Å²) in [5.74, 6) is 1.51. The van der Waals surface area contributed by atoms with Crippen LogP contribution >= 0.6 is 0 Å². The van der Waals surface area contributed by atoms with E-state index >= 15 is 0 Å². The number of carboxylic acid groups (broad SMARTS) is 1. The minimum atomic E-state index is -1.01. The first-order chi connectivity index (χ1) is 10.1. The fourth-order valence-electron chi connectivity index (χ4n) is 2.52. The van der Waals surface area contributed by atoms with Crippen LogP contribution in [0.3, 0.4) is 0 Å². The van der Waals surface area contributed by atoms with Crippen molar-refractivity contribution in [2.45, 2.75) is 38.3 Å². The lowest BCUT2D eigenvalue weighted by atomic mass is 10.1. The number of hydrogen-bond acceptors (Lipinski definition) is 2. The zero-order chi connectivity index (χ0) is 15.4. The average Bonchev–Trinajstić information content (AvgIpc) is 2.86. The van der Waals surface area contributed by atoms with E-state index in [0.29, 0.717) is 24.9 Å². The molecule has 0 saturated heterocycles. The summed E-state index contributed by atoms with van der Waals surface area (Å²) in [7, 11) is 0. The zero-order valence-electron chi connectivity index (χ0n) is 11.9. The van der Waals surface area contributed by atoms with Gasteiger partial charge in [0.25, 0.3) is 0 Å². The number of rotatable bonds is 4. The monoisotopic (exact) mass is 286 g/mol. The Morgan fingerprint density at radius 1 is 1.52 bits per heavy atom. The lowest BCUT2D eigenvalue weighted by Crippen LogP contribution is -2.50. The van der Waals surface area contributed by atoms with Gasteiger partial charge in [0.1, 0.15) is 6.04 Å². The molecule has 0 bridgehead atoms.